The van der Waals surface area contributed by atoms with Crippen LogP contribution in [-0.4, -0.2) is 11.9 Å². The van der Waals surface area contributed by atoms with E-state index in [-0.39, 0.29) is 5.91 Å². The Bertz CT molecular complexity index is 342. The molecule has 0 spiro atoms. The Labute approximate surface area is 84.3 Å². The minimum atomic E-state index is 0.0479. The van der Waals surface area contributed by atoms with Gasteiger partial charge in [-0.3, -0.25) is 4.79 Å². The summed E-state index contributed by atoms with van der Waals surface area (Å²) in [5.74, 6) is 0.0479. The lowest BCUT2D eigenvalue weighted by atomic mass is 10.0. The minimum absolute atomic E-state index is 0.0479. The van der Waals surface area contributed by atoms with Gasteiger partial charge in [0.15, 0.2) is 0 Å². The summed E-state index contributed by atoms with van der Waals surface area (Å²) in [6, 6.07) is 8.06. The van der Waals surface area contributed by atoms with Crippen LogP contribution in [0, 0.1) is 6.92 Å². The zero-order chi connectivity index (χ0) is 9.97. The predicted molar refractivity (Wildman–Crippen MR) is 56.0 cm³/mol. The monoisotopic (exact) mass is 188 g/mol. The van der Waals surface area contributed by atoms with Crippen LogP contribution >= 0.6 is 0 Å². The van der Waals surface area contributed by atoms with Gasteiger partial charge in [0.25, 0.3) is 5.91 Å². The normalized spacial score (nSPS) is 15.2. The highest BCUT2D eigenvalue weighted by Gasteiger charge is 2.24. The van der Waals surface area contributed by atoms with Crippen molar-refractivity contribution in [1.29, 1.82) is 0 Å². The Balaban J connectivity index is 2.16. The smallest absolute Gasteiger partial charge is 0.251 e. The highest BCUT2D eigenvalue weighted by atomic mass is 16.1. The van der Waals surface area contributed by atoms with E-state index in [1.807, 2.05) is 24.3 Å². The van der Waals surface area contributed by atoms with Crippen LogP contribution < -0.4 is 5.32 Å². The summed E-state index contributed by atoms with van der Waals surface area (Å²) in [6.07, 6.45) is 2.91. The largest absolute Gasteiger partial charge is 0.349 e. The second-order valence-corrected chi connectivity index (χ2v) is 3.65. The van der Waals surface area contributed by atoms with Crippen molar-refractivity contribution < 1.29 is 4.79 Å². The first-order valence-electron chi connectivity index (χ1n) is 4.99. The topological polar surface area (TPSA) is 29.1 Å². The fraction of sp³-hybridized carbons (Fsp3) is 0.333. The molecule has 0 aromatic heterocycles. The van der Waals surface area contributed by atoms with Gasteiger partial charge >= 0.3 is 0 Å². The van der Waals surface area contributed by atoms with Gasteiger partial charge in [0.1, 0.15) is 0 Å². The molecule has 1 aromatic carbocycles. The standard InChI is InChI=1S/C12H14NO/c1-2-9-5-3-4-6-11(9)12(14)13-10-7-8-10/h3-6,10H,1-2,7-8H2,(H,13,14). The van der Waals surface area contributed by atoms with Crippen LogP contribution in [0.25, 0.3) is 0 Å². The van der Waals surface area contributed by atoms with Gasteiger partial charge in [-0.05, 0) is 37.8 Å². The molecule has 1 N–H and O–H groups in total. The van der Waals surface area contributed by atoms with Crippen LogP contribution in [0.1, 0.15) is 28.8 Å². The van der Waals surface area contributed by atoms with Crippen molar-refractivity contribution in [3.8, 4) is 0 Å². The first-order chi connectivity index (χ1) is 6.81. The molecule has 1 fully saturated rings. The van der Waals surface area contributed by atoms with Crippen molar-refractivity contribution in [3.05, 3.63) is 42.3 Å². The third-order valence-electron chi connectivity index (χ3n) is 2.44. The average molecular weight is 188 g/mol. The molecule has 0 unspecified atom stereocenters. The van der Waals surface area contributed by atoms with Crippen LogP contribution in [0.2, 0.25) is 0 Å². The quantitative estimate of drug-likeness (QED) is 0.771. The fourth-order valence-corrected chi connectivity index (χ4v) is 1.45. The van der Waals surface area contributed by atoms with Gasteiger partial charge in [-0.15, -0.1) is 0 Å². The lowest BCUT2D eigenvalue weighted by molar-refractivity contribution is 0.0950. The molecule has 0 aliphatic heterocycles. The van der Waals surface area contributed by atoms with Crippen molar-refractivity contribution in [1.82, 2.24) is 5.32 Å². The second-order valence-electron chi connectivity index (χ2n) is 3.65. The van der Waals surface area contributed by atoms with E-state index >= 15 is 0 Å². The lowest BCUT2D eigenvalue weighted by Crippen LogP contribution is -2.26. The summed E-state index contributed by atoms with van der Waals surface area (Å²) in [7, 11) is 0. The van der Waals surface area contributed by atoms with Gasteiger partial charge < -0.3 is 5.32 Å². The summed E-state index contributed by atoms with van der Waals surface area (Å²) in [5.41, 5.74) is 1.79. The lowest BCUT2D eigenvalue weighted by Gasteiger charge is -2.07. The molecule has 14 heavy (non-hydrogen) atoms. The molecule has 1 aliphatic rings. The van der Waals surface area contributed by atoms with Crippen LogP contribution in [0.15, 0.2) is 24.3 Å². The Morgan fingerprint density at radius 3 is 2.79 bits per heavy atom. The van der Waals surface area contributed by atoms with E-state index in [2.05, 4.69) is 12.2 Å². The maximum absolute atomic E-state index is 11.7. The Hall–Kier alpha value is -1.31. The predicted octanol–water partition coefficient (Wildman–Crippen LogP) is 1.96. The maximum atomic E-state index is 11.7. The van der Waals surface area contributed by atoms with Crippen molar-refractivity contribution >= 4 is 5.91 Å². The molecule has 1 radical (unpaired) electrons. The number of carbonyl (C=O) groups excluding carboxylic acids is 1. The van der Waals surface area contributed by atoms with Crippen LogP contribution in [-0.2, 0) is 6.42 Å². The van der Waals surface area contributed by atoms with Crippen molar-refractivity contribution in [2.24, 2.45) is 0 Å². The zero-order valence-electron chi connectivity index (χ0n) is 8.12. The first kappa shape index (κ1) is 9.25. The summed E-state index contributed by atoms with van der Waals surface area (Å²) in [5, 5.41) is 2.98. The number of carbonyl (C=O) groups is 1. The highest BCUT2D eigenvalue weighted by Crippen LogP contribution is 2.20. The average Bonchev–Trinajstić information content (AvgIpc) is 3.01. The number of benzene rings is 1. The number of nitrogens with one attached hydrogen (secondary N) is 1. The van der Waals surface area contributed by atoms with E-state index in [9.17, 15) is 4.79 Å². The zero-order valence-corrected chi connectivity index (χ0v) is 8.12. The molecule has 2 nitrogen and oxygen atoms in total. The highest BCUT2D eigenvalue weighted by molar-refractivity contribution is 5.96. The molecular weight excluding hydrogens is 174 g/mol. The van der Waals surface area contributed by atoms with Crippen LogP contribution in [0.4, 0.5) is 0 Å². The van der Waals surface area contributed by atoms with E-state index < -0.39 is 0 Å². The van der Waals surface area contributed by atoms with Gasteiger partial charge in [-0.1, -0.05) is 18.2 Å². The van der Waals surface area contributed by atoms with Crippen LogP contribution in [0.3, 0.4) is 0 Å². The molecule has 0 saturated heterocycles. The van der Waals surface area contributed by atoms with E-state index in [1.54, 1.807) is 0 Å². The number of hydrogen-bond donors (Lipinski definition) is 1. The third-order valence-corrected chi connectivity index (χ3v) is 2.44. The van der Waals surface area contributed by atoms with E-state index in [1.165, 1.54) is 0 Å². The Morgan fingerprint density at radius 1 is 1.43 bits per heavy atom. The Morgan fingerprint density at radius 2 is 2.14 bits per heavy atom. The molecule has 0 heterocycles. The summed E-state index contributed by atoms with van der Waals surface area (Å²) < 4.78 is 0. The SMILES string of the molecule is [CH2]Cc1ccccc1C(=O)NC1CC1. The molecule has 2 heteroatoms. The molecular formula is C12H14NO. The van der Waals surface area contributed by atoms with Gasteiger partial charge in [0, 0.05) is 11.6 Å². The molecule has 0 atom stereocenters. The molecule has 1 aliphatic carbocycles. The number of hydrogen-bond acceptors (Lipinski definition) is 1. The molecule has 73 valence electrons. The van der Waals surface area contributed by atoms with E-state index in [4.69, 9.17) is 0 Å². The van der Waals surface area contributed by atoms with Gasteiger partial charge in [-0.25, -0.2) is 0 Å². The first-order valence-corrected chi connectivity index (χ1v) is 4.99. The third kappa shape index (κ3) is 1.95. The summed E-state index contributed by atoms with van der Waals surface area (Å²) in [4.78, 5) is 11.7. The van der Waals surface area contributed by atoms with Gasteiger partial charge in [-0.2, -0.15) is 0 Å². The maximum Gasteiger partial charge on any atom is 0.251 e. The van der Waals surface area contributed by atoms with Crippen molar-refractivity contribution in [2.75, 3.05) is 0 Å². The van der Waals surface area contributed by atoms with Crippen LogP contribution in [0.5, 0.6) is 0 Å². The minimum Gasteiger partial charge on any atom is -0.349 e. The molecule has 1 aromatic rings. The number of rotatable bonds is 3. The van der Waals surface area contributed by atoms with E-state index in [0.29, 0.717) is 12.5 Å². The van der Waals surface area contributed by atoms with Crippen molar-refractivity contribution in [3.63, 3.8) is 0 Å². The van der Waals surface area contributed by atoms with Gasteiger partial charge in [0.05, 0.1) is 0 Å². The van der Waals surface area contributed by atoms with Gasteiger partial charge in [0.2, 0.25) is 0 Å². The van der Waals surface area contributed by atoms with E-state index in [0.717, 1.165) is 24.0 Å². The van der Waals surface area contributed by atoms with Crippen molar-refractivity contribution in [2.45, 2.75) is 25.3 Å². The molecule has 1 amide bonds. The Kier molecular flexibility index (Phi) is 2.53. The molecule has 0 bridgehead atoms. The summed E-state index contributed by atoms with van der Waals surface area (Å²) >= 11 is 0. The molecule has 2 rings (SSSR count). The number of amides is 1. The second kappa shape index (κ2) is 3.82. The summed E-state index contributed by atoms with van der Waals surface area (Å²) in [6.45, 7) is 3.81. The fourth-order valence-electron chi connectivity index (χ4n) is 1.45. The molecule has 1 saturated carbocycles.